The molecule has 0 aromatic carbocycles. The van der Waals surface area contributed by atoms with Crippen LogP contribution < -0.4 is 0 Å². The van der Waals surface area contributed by atoms with Gasteiger partial charge in [-0.05, 0) is 0 Å². The zero-order valence-corrected chi connectivity index (χ0v) is 40.8. The monoisotopic (exact) mass is 1150 g/mol. The van der Waals surface area contributed by atoms with Crippen molar-refractivity contribution >= 4 is 0 Å². The van der Waals surface area contributed by atoms with Gasteiger partial charge in [0.05, 0.1) is 46.2 Å². The standard InChI is InChI=1S/C42H72O36/c43-1-8-15(50)18(53)24(59)37(67-8)77-34-16(51)9(2-44)68-41(28(34)63)75-33-14(7-49)71-39(26(61)21(33)56)74-31-12(5-47)72-40(27(62)22(31)57)78-35-17(52)10(3-45)69-42(29(35)64)76-32-13(6-48)70-38(25(60)20(32)55)73-30-11(4-46)66-36(65)23(58)19(30)54/h8-65H,1-7H2/t8-,9-,10-,11-,12-,13-,14-,15-,16-,17-,18+,19-,20-,21-,22-,23-,24-,25-,26-,27-,28-,29-,30-,31-,32-,33-,34+,35+,36?,37+,38+,39+,40+,41+,42+/m1/s1. The molecule has 7 saturated heterocycles. The van der Waals surface area contributed by atoms with E-state index in [1.807, 2.05) is 0 Å². The molecule has 36 nitrogen and oxygen atoms in total. The van der Waals surface area contributed by atoms with Crippen molar-refractivity contribution < 1.29 is 179 Å². The van der Waals surface area contributed by atoms with Crippen LogP contribution in [-0.4, -0.2) is 379 Å². The van der Waals surface area contributed by atoms with Crippen LogP contribution in [-0.2, 0) is 61.6 Å². The average Bonchev–Trinajstić information content (AvgIpc) is 3.43. The van der Waals surface area contributed by atoms with Crippen LogP contribution in [0.15, 0.2) is 0 Å². The molecular formula is C42H72O36. The molecule has 35 atom stereocenters. The fourth-order valence-corrected chi connectivity index (χ4v) is 10.00. The molecule has 1 unspecified atom stereocenters. The fraction of sp³-hybridized carbons (Fsp3) is 1.00. The Morgan fingerprint density at radius 3 is 0.705 bits per heavy atom. The van der Waals surface area contributed by atoms with E-state index in [0.29, 0.717) is 0 Å². The number of aliphatic hydroxyl groups is 23. The van der Waals surface area contributed by atoms with Crippen molar-refractivity contribution in [2.45, 2.75) is 215 Å². The summed E-state index contributed by atoms with van der Waals surface area (Å²) in [6.07, 6.45) is -68.3. The van der Waals surface area contributed by atoms with Gasteiger partial charge < -0.3 is 179 Å². The summed E-state index contributed by atoms with van der Waals surface area (Å²) in [6.45, 7) is -6.94. The van der Waals surface area contributed by atoms with E-state index >= 15 is 0 Å². The molecule has 78 heavy (non-hydrogen) atoms. The highest BCUT2D eigenvalue weighted by Gasteiger charge is 2.58. The summed E-state index contributed by atoms with van der Waals surface area (Å²) in [5.74, 6) is 0. The van der Waals surface area contributed by atoms with Gasteiger partial charge in [0.15, 0.2) is 44.0 Å². The van der Waals surface area contributed by atoms with E-state index in [2.05, 4.69) is 0 Å². The number of hydrogen-bond donors (Lipinski definition) is 23. The molecule has 7 aliphatic heterocycles. The fourth-order valence-electron chi connectivity index (χ4n) is 10.00. The van der Waals surface area contributed by atoms with Crippen molar-refractivity contribution in [1.29, 1.82) is 0 Å². The topological polar surface area (TPSA) is 585 Å². The zero-order chi connectivity index (χ0) is 57.3. The Balaban J connectivity index is 0.987. The predicted octanol–water partition coefficient (Wildman–Crippen LogP) is -16.3. The van der Waals surface area contributed by atoms with Crippen LogP contribution >= 0.6 is 0 Å². The second kappa shape index (κ2) is 27.5. The minimum Gasteiger partial charge on any atom is -0.394 e. The Morgan fingerprint density at radius 2 is 0.410 bits per heavy atom. The molecule has 7 aliphatic rings. The van der Waals surface area contributed by atoms with Crippen molar-refractivity contribution in [3.05, 3.63) is 0 Å². The highest BCUT2D eigenvalue weighted by atomic mass is 16.8. The maximum absolute atomic E-state index is 11.5. The Kier molecular flexibility index (Phi) is 22.6. The van der Waals surface area contributed by atoms with Gasteiger partial charge >= 0.3 is 0 Å². The first kappa shape index (κ1) is 64.1. The van der Waals surface area contributed by atoms with Gasteiger partial charge in [-0.1, -0.05) is 0 Å². The van der Waals surface area contributed by atoms with Gasteiger partial charge in [-0.25, -0.2) is 0 Å². The van der Waals surface area contributed by atoms with E-state index in [1.165, 1.54) is 0 Å². The summed E-state index contributed by atoms with van der Waals surface area (Å²) in [5.41, 5.74) is 0. The van der Waals surface area contributed by atoms with Gasteiger partial charge in [-0.2, -0.15) is 0 Å². The molecule has 456 valence electrons. The summed E-state index contributed by atoms with van der Waals surface area (Å²) in [7, 11) is 0. The highest BCUT2D eigenvalue weighted by molar-refractivity contribution is 5.01. The lowest BCUT2D eigenvalue weighted by atomic mass is 9.95. The molecule has 0 radical (unpaired) electrons. The second-order valence-electron chi connectivity index (χ2n) is 19.6. The number of ether oxygens (including phenoxy) is 13. The Bertz CT molecular complexity index is 1810. The van der Waals surface area contributed by atoms with Crippen molar-refractivity contribution in [2.24, 2.45) is 0 Å². The molecule has 0 saturated carbocycles. The lowest BCUT2D eigenvalue weighted by Crippen LogP contribution is -2.68. The first-order valence-corrected chi connectivity index (χ1v) is 24.7. The third kappa shape index (κ3) is 12.9. The van der Waals surface area contributed by atoms with Crippen molar-refractivity contribution in [3.8, 4) is 0 Å². The van der Waals surface area contributed by atoms with Crippen LogP contribution in [0.25, 0.3) is 0 Å². The van der Waals surface area contributed by atoms with Gasteiger partial charge in [0.2, 0.25) is 0 Å². The molecule has 7 fully saturated rings. The van der Waals surface area contributed by atoms with Crippen LogP contribution in [0.2, 0.25) is 0 Å². The molecule has 0 spiro atoms. The lowest BCUT2D eigenvalue weighted by Gasteiger charge is -2.50. The molecule has 0 amide bonds. The molecule has 0 aromatic heterocycles. The molecule has 0 aromatic rings. The van der Waals surface area contributed by atoms with Gasteiger partial charge in [-0.15, -0.1) is 0 Å². The van der Waals surface area contributed by atoms with E-state index in [1.54, 1.807) is 0 Å². The summed E-state index contributed by atoms with van der Waals surface area (Å²) >= 11 is 0. The van der Waals surface area contributed by atoms with E-state index in [9.17, 15) is 117 Å². The van der Waals surface area contributed by atoms with Crippen LogP contribution in [0.5, 0.6) is 0 Å². The van der Waals surface area contributed by atoms with E-state index in [-0.39, 0.29) is 0 Å². The van der Waals surface area contributed by atoms with E-state index in [4.69, 9.17) is 61.6 Å². The summed E-state index contributed by atoms with van der Waals surface area (Å²) in [4.78, 5) is 0. The number of hydrogen-bond acceptors (Lipinski definition) is 36. The third-order valence-electron chi connectivity index (χ3n) is 14.5. The summed E-state index contributed by atoms with van der Waals surface area (Å²) < 4.78 is 72.0. The third-order valence-corrected chi connectivity index (χ3v) is 14.5. The van der Waals surface area contributed by atoms with Gasteiger partial charge in [0.25, 0.3) is 0 Å². The van der Waals surface area contributed by atoms with Crippen molar-refractivity contribution in [1.82, 2.24) is 0 Å². The largest absolute Gasteiger partial charge is 0.394 e. The second-order valence-corrected chi connectivity index (χ2v) is 19.6. The van der Waals surface area contributed by atoms with Crippen LogP contribution in [0, 0.1) is 0 Å². The summed E-state index contributed by atoms with van der Waals surface area (Å²) in [5, 5.41) is 244. The Morgan fingerprint density at radius 1 is 0.192 bits per heavy atom. The van der Waals surface area contributed by atoms with Crippen molar-refractivity contribution in [3.63, 3.8) is 0 Å². The number of rotatable bonds is 19. The SMILES string of the molecule is OC[C@H]1O[C@@H](O[C@@H]2[C@@H](O)[C@H](O[C@H]3[C@H](O)[C@@H](O)[C@H](O[C@H]4[C@H](O)[C@@H](O)[C@H](O[C@@H]5[C@@H](O)[C@H](O[C@H]6[C@H](O)[C@@H](O)[C@H](O[C@H]7[C@H](O)[C@@H](O)C(O)O[C@@H]7CO)O[C@@H]6CO)O[C@H](CO)[C@H]5O)O[C@@H]4CO)O[C@@H]3CO)O[C@H](CO)[C@H]2O)[C@H](O)[C@@H](O)[C@@H]1O. The number of aliphatic hydroxyl groups excluding tert-OH is 23. The maximum atomic E-state index is 11.5. The molecular weight excluding hydrogens is 1080 g/mol. The lowest BCUT2D eigenvalue weighted by molar-refractivity contribution is -0.398. The minimum atomic E-state index is -2.28. The molecule has 7 heterocycles. The first-order chi connectivity index (χ1) is 37.0. The molecule has 7 rings (SSSR count). The van der Waals surface area contributed by atoms with Crippen molar-refractivity contribution in [2.75, 3.05) is 46.2 Å². The highest BCUT2D eigenvalue weighted by Crippen LogP contribution is 2.38. The maximum Gasteiger partial charge on any atom is 0.187 e. The smallest absolute Gasteiger partial charge is 0.187 e. The van der Waals surface area contributed by atoms with Crippen LogP contribution in [0.4, 0.5) is 0 Å². The molecule has 36 heteroatoms. The quantitative estimate of drug-likeness (QED) is 0.0571. The normalized spacial score (nSPS) is 53.5. The molecule has 23 N–H and O–H groups in total. The Labute approximate surface area is 439 Å². The van der Waals surface area contributed by atoms with Gasteiger partial charge in [0, 0.05) is 0 Å². The van der Waals surface area contributed by atoms with Crippen LogP contribution in [0.1, 0.15) is 0 Å². The van der Waals surface area contributed by atoms with Gasteiger partial charge in [-0.3, -0.25) is 0 Å². The van der Waals surface area contributed by atoms with E-state index < -0.39 is 261 Å². The van der Waals surface area contributed by atoms with Gasteiger partial charge in [0.1, 0.15) is 171 Å². The Hall–Kier alpha value is -1.44. The zero-order valence-electron chi connectivity index (χ0n) is 40.8. The van der Waals surface area contributed by atoms with E-state index in [0.717, 1.165) is 0 Å². The minimum absolute atomic E-state index is 0.873. The molecule has 0 aliphatic carbocycles. The average molecular weight is 1150 g/mol. The summed E-state index contributed by atoms with van der Waals surface area (Å²) in [6, 6.07) is 0. The van der Waals surface area contributed by atoms with Crippen LogP contribution in [0.3, 0.4) is 0 Å². The molecule has 0 bridgehead atoms. The first-order valence-electron chi connectivity index (χ1n) is 24.7. The predicted molar refractivity (Wildman–Crippen MR) is 232 cm³/mol.